The smallest absolute Gasteiger partial charge is 0.335 e. The van der Waals surface area contributed by atoms with Gasteiger partial charge in [0.05, 0.1) is 7.11 Å². The van der Waals surface area contributed by atoms with Crippen molar-refractivity contribution in [1.82, 2.24) is 0 Å². The van der Waals surface area contributed by atoms with E-state index in [1.54, 1.807) is 0 Å². The van der Waals surface area contributed by atoms with Gasteiger partial charge in [-0.1, -0.05) is 0 Å². The molecular formula is C13H14O8. The molecule has 8 heteroatoms. The molecule has 0 saturated heterocycles. The highest BCUT2D eigenvalue weighted by molar-refractivity contribution is 5.85. The molecule has 2 unspecified atom stereocenters. The quantitative estimate of drug-likeness (QED) is 0.461. The number of methoxy groups -OCH3 is 1. The van der Waals surface area contributed by atoms with Gasteiger partial charge in [-0.3, -0.25) is 0 Å². The van der Waals surface area contributed by atoms with Gasteiger partial charge in [0.25, 0.3) is 0 Å². The second kappa shape index (κ2) is 6.73. The summed E-state index contributed by atoms with van der Waals surface area (Å²) in [4.78, 5) is 21.1. The Balaban J connectivity index is 3.32. The average Bonchev–Trinajstić information content (AvgIpc) is 2.44. The van der Waals surface area contributed by atoms with E-state index >= 15 is 0 Å². The summed E-state index contributed by atoms with van der Waals surface area (Å²) >= 11 is 0. The van der Waals surface area contributed by atoms with Crippen LogP contribution in [0.1, 0.15) is 17.2 Å². The SMILES string of the molecule is COc1cc(C=CC(=O)O)cc(C(O)C(O)C(=O)O)c1O. The Morgan fingerprint density at radius 2 is 1.86 bits per heavy atom. The van der Waals surface area contributed by atoms with Crippen LogP contribution in [0.15, 0.2) is 18.2 Å². The van der Waals surface area contributed by atoms with Crippen molar-refractivity contribution in [2.45, 2.75) is 12.2 Å². The number of aromatic hydroxyl groups is 1. The highest BCUT2D eigenvalue weighted by Gasteiger charge is 2.28. The number of aliphatic hydroxyl groups is 2. The largest absolute Gasteiger partial charge is 0.504 e. The summed E-state index contributed by atoms with van der Waals surface area (Å²) in [6.45, 7) is 0. The van der Waals surface area contributed by atoms with E-state index < -0.39 is 29.9 Å². The van der Waals surface area contributed by atoms with Gasteiger partial charge in [-0.05, 0) is 23.8 Å². The third-order valence-electron chi connectivity index (χ3n) is 2.64. The third-order valence-corrected chi connectivity index (χ3v) is 2.64. The maximum Gasteiger partial charge on any atom is 0.335 e. The molecule has 21 heavy (non-hydrogen) atoms. The van der Waals surface area contributed by atoms with Crippen LogP contribution < -0.4 is 4.74 Å². The molecular weight excluding hydrogens is 284 g/mol. The number of phenols is 1. The molecule has 5 N–H and O–H groups in total. The van der Waals surface area contributed by atoms with Crippen molar-refractivity contribution in [3.8, 4) is 11.5 Å². The van der Waals surface area contributed by atoms with E-state index in [1.165, 1.54) is 13.2 Å². The van der Waals surface area contributed by atoms with Crippen molar-refractivity contribution in [1.29, 1.82) is 0 Å². The molecule has 0 fully saturated rings. The summed E-state index contributed by atoms with van der Waals surface area (Å²) in [7, 11) is 1.23. The first kappa shape index (κ1) is 16.5. The highest BCUT2D eigenvalue weighted by Crippen LogP contribution is 2.36. The van der Waals surface area contributed by atoms with Crippen LogP contribution in [0, 0.1) is 0 Å². The zero-order chi connectivity index (χ0) is 16.2. The molecule has 2 atom stereocenters. The minimum absolute atomic E-state index is 0.103. The summed E-state index contributed by atoms with van der Waals surface area (Å²) in [5.41, 5.74) is -0.0621. The van der Waals surface area contributed by atoms with Gasteiger partial charge < -0.3 is 30.3 Å². The number of phenolic OH excluding ortho intramolecular Hbond substituents is 1. The molecule has 1 aromatic rings. The second-order valence-electron chi connectivity index (χ2n) is 4.06. The normalized spacial score (nSPS) is 13.9. The summed E-state index contributed by atoms with van der Waals surface area (Å²) < 4.78 is 4.85. The van der Waals surface area contributed by atoms with Crippen molar-refractivity contribution in [3.63, 3.8) is 0 Å². The number of hydrogen-bond acceptors (Lipinski definition) is 6. The van der Waals surface area contributed by atoms with Crippen molar-refractivity contribution in [3.05, 3.63) is 29.3 Å². The molecule has 0 radical (unpaired) electrons. The van der Waals surface area contributed by atoms with E-state index in [1.807, 2.05) is 0 Å². The van der Waals surface area contributed by atoms with Crippen molar-refractivity contribution < 1.29 is 39.9 Å². The minimum Gasteiger partial charge on any atom is -0.504 e. The van der Waals surface area contributed by atoms with Crippen LogP contribution in [0.5, 0.6) is 11.5 Å². The van der Waals surface area contributed by atoms with E-state index in [2.05, 4.69) is 0 Å². The van der Waals surface area contributed by atoms with Gasteiger partial charge in [0.1, 0.15) is 6.10 Å². The molecule has 0 saturated carbocycles. The molecule has 0 amide bonds. The average molecular weight is 298 g/mol. The van der Waals surface area contributed by atoms with Crippen molar-refractivity contribution in [2.24, 2.45) is 0 Å². The van der Waals surface area contributed by atoms with Crippen LogP contribution in [-0.4, -0.2) is 50.7 Å². The fourth-order valence-corrected chi connectivity index (χ4v) is 1.60. The van der Waals surface area contributed by atoms with E-state index in [4.69, 9.17) is 14.9 Å². The first-order chi connectivity index (χ1) is 9.77. The Morgan fingerprint density at radius 1 is 1.24 bits per heavy atom. The lowest BCUT2D eigenvalue weighted by Gasteiger charge is -2.18. The lowest BCUT2D eigenvalue weighted by Crippen LogP contribution is -2.27. The molecule has 0 bridgehead atoms. The second-order valence-corrected chi connectivity index (χ2v) is 4.06. The topological polar surface area (TPSA) is 145 Å². The fourth-order valence-electron chi connectivity index (χ4n) is 1.60. The number of ether oxygens (including phenoxy) is 1. The first-order valence-electron chi connectivity index (χ1n) is 5.68. The molecule has 8 nitrogen and oxygen atoms in total. The zero-order valence-corrected chi connectivity index (χ0v) is 10.9. The number of aliphatic carboxylic acids is 2. The van der Waals surface area contributed by atoms with Crippen LogP contribution in [0.2, 0.25) is 0 Å². The van der Waals surface area contributed by atoms with Gasteiger partial charge >= 0.3 is 11.9 Å². The number of carboxylic acid groups (broad SMARTS) is 2. The number of hydrogen-bond donors (Lipinski definition) is 5. The summed E-state index contributed by atoms with van der Waals surface area (Å²) in [6.07, 6.45) is -2.09. The Morgan fingerprint density at radius 3 is 2.33 bits per heavy atom. The number of aliphatic hydroxyl groups excluding tert-OH is 2. The summed E-state index contributed by atoms with van der Waals surface area (Å²) in [5, 5.41) is 46.2. The third kappa shape index (κ3) is 3.94. The van der Waals surface area contributed by atoms with E-state index in [-0.39, 0.29) is 16.9 Å². The molecule has 0 aliphatic rings. The van der Waals surface area contributed by atoms with Crippen LogP contribution in [0.4, 0.5) is 0 Å². The van der Waals surface area contributed by atoms with Gasteiger partial charge in [-0.2, -0.15) is 0 Å². The molecule has 0 aliphatic heterocycles. The molecule has 0 aliphatic carbocycles. The fraction of sp³-hybridized carbons (Fsp3) is 0.231. The number of carboxylic acids is 2. The van der Waals surface area contributed by atoms with E-state index in [0.717, 1.165) is 18.2 Å². The predicted molar refractivity (Wildman–Crippen MR) is 69.9 cm³/mol. The van der Waals surface area contributed by atoms with Gasteiger partial charge in [0.2, 0.25) is 0 Å². The maximum absolute atomic E-state index is 10.7. The van der Waals surface area contributed by atoms with Gasteiger partial charge in [-0.15, -0.1) is 0 Å². The van der Waals surface area contributed by atoms with Crippen molar-refractivity contribution in [2.75, 3.05) is 7.11 Å². The Kier molecular flexibility index (Phi) is 5.28. The molecule has 114 valence electrons. The Labute approximate surface area is 119 Å². The van der Waals surface area contributed by atoms with Crippen LogP contribution in [0.25, 0.3) is 6.08 Å². The number of carbonyl (C=O) groups is 2. The highest BCUT2D eigenvalue weighted by atomic mass is 16.5. The molecule has 0 aromatic heterocycles. The van der Waals surface area contributed by atoms with Gasteiger partial charge in [-0.25, -0.2) is 9.59 Å². The van der Waals surface area contributed by atoms with Crippen molar-refractivity contribution >= 4 is 18.0 Å². The molecule has 1 rings (SSSR count). The summed E-state index contributed by atoms with van der Waals surface area (Å²) in [5.74, 6) is -3.53. The standard InChI is InChI=1S/C13H14O8/c1-21-8-5-6(2-3-9(14)15)4-7(10(8)16)11(17)12(18)13(19)20/h2-5,11-12,16-18H,1H3,(H,14,15)(H,19,20). The monoisotopic (exact) mass is 298 g/mol. The Bertz CT molecular complexity index is 578. The zero-order valence-electron chi connectivity index (χ0n) is 10.9. The van der Waals surface area contributed by atoms with Gasteiger partial charge in [0.15, 0.2) is 17.6 Å². The lowest BCUT2D eigenvalue weighted by atomic mass is 9.99. The maximum atomic E-state index is 10.7. The van der Waals surface area contributed by atoms with Crippen LogP contribution in [0.3, 0.4) is 0 Å². The van der Waals surface area contributed by atoms with Crippen LogP contribution >= 0.6 is 0 Å². The first-order valence-corrected chi connectivity index (χ1v) is 5.68. The van der Waals surface area contributed by atoms with E-state index in [9.17, 15) is 24.9 Å². The Hall–Kier alpha value is -2.58. The predicted octanol–water partition coefficient (Wildman–Crippen LogP) is -0.0225. The lowest BCUT2D eigenvalue weighted by molar-refractivity contribution is -0.153. The van der Waals surface area contributed by atoms with E-state index in [0.29, 0.717) is 0 Å². The summed E-state index contributed by atoms with van der Waals surface area (Å²) in [6, 6.07) is 2.44. The molecule has 1 aromatic carbocycles. The van der Waals surface area contributed by atoms with Gasteiger partial charge in [0, 0.05) is 11.6 Å². The minimum atomic E-state index is -2.15. The molecule has 0 heterocycles. The number of benzene rings is 1. The number of rotatable bonds is 6. The molecule has 0 spiro atoms. The van der Waals surface area contributed by atoms with Crippen LogP contribution in [-0.2, 0) is 9.59 Å².